The van der Waals surface area contributed by atoms with Crippen LogP contribution < -0.4 is 5.32 Å². The number of amides is 1. The molecule has 0 radical (unpaired) electrons. The number of carbonyl (C=O) groups is 1. The number of phenolic OH excluding ortho intramolecular Hbond substituents is 1. The molecule has 2 rings (SSSR count). The summed E-state index contributed by atoms with van der Waals surface area (Å²) >= 11 is 0. The quantitative estimate of drug-likeness (QED) is 0.788. The lowest BCUT2D eigenvalue weighted by atomic mass is 10.1. The van der Waals surface area contributed by atoms with Gasteiger partial charge in [-0.2, -0.15) is 0 Å². The maximum atomic E-state index is 11.8. The van der Waals surface area contributed by atoms with Gasteiger partial charge in [0.05, 0.1) is 12.5 Å². The van der Waals surface area contributed by atoms with Crippen molar-refractivity contribution in [3.63, 3.8) is 0 Å². The number of hydrogen-bond donors (Lipinski definition) is 3. The van der Waals surface area contributed by atoms with Gasteiger partial charge in [-0.15, -0.1) is 0 Å². The minimum Gasteiger partial charge on any atom is -0.508 e. The summed E-state index contributed by atoms with van der Waals surface area (Å²) in [7, 11) is 0. The van der Waals surface area contributed by atoms with Gasteiger partial charge >= 0.3 is 0 Å². The Kier molecular flexibility index (Phi) is 4.15. The molecule has 3 N–H and O–H groups in total. The zero-order chi connectivity index (χ0) is 13.7. The molecular formula is C15H15NO3. The average molecular weight is 257 g/mol. The number of nitrogens with one attached hydrogen (secondary N) is 1. The molecule has 0 saturated carbocycles. The molecule has 0 heterocycles. The summed E-state index contributed by atoms with van der Waals surface area (Å²) in [6.07, 6.45) is -0.863. The number of hydrogen-bond acceptors (Lipinski definition) is 3. The van der Waals surface area contributed by atoms with Gasteiger partial charge in [0.15, 0.2) is 0 Å². The van der Waals surface area contributed by atoms with Crippen LogP contribution in [0.15, 0.2) is 54.6 Å². The first kappa shape index (κ1) is 13.1. The molecule has 0 bridgehead atoms. The van der Waals surface area contributed by atoms with Gasteiger partial charge in [0, 0.05) is 11.8 Å². The first-order valence-corrected chi connectivity index (χ1v) is 5.97. The van der Waals surface area contributed by atoms with Crippen LogP contribution in [0.1, 0.15) is 18.1 Å². The average Bonchev–Trinajstić information content (AvgIpc) is 2.39. The number of anilines is 1. The van der Waals surface area contributed by atoms with Crippen LogP contribution in [0.5, 0.6) is 5.75 Å². The molecule has 1 unspecified atom stereocenters. The van der Waals surface area contributed by atoms with Gasteiger partial charge in [0.2, 0.25) is 5.91 Å². The summed E-state index contributed by atoms with van der Waals surface area (Å²) in [4.78, 5) is 11.8. The van der Waals surface area contributed by atoms with Crippen LogP contribution in [0.3, 0.4) is 0 Å². The lowest BCUT2D eigenvalue weighted by Crippen LogP contribution is -2.15. The van der Waals surface area contributed by atoms with E-state index in [9.17, 15) is 15.0 Å². The van der Waals surface area contributed by atoms with Gasteiger partial charge in [-0.05, 0) is 17.7 Å². The zero-order valence-corrected chi connectivity index (χ0v) is 10.3. The van der Waals surface area contributed by atoms with E-state index in [4.69, 9.17) is 0 Å². The molecule has 0 saturated heterocycles. The van der Waals surface area contributed by atoms with Gasteiger partial charge in [-0.3, -0.25) is 4.79 Å². The van der Waals surface area contributed by atoms with Crippen molar-refractivity contribution in [2.24, 2.45) is 0 Å². The Hall–Kier alpha value is -2.33. The minimum atomic E-state index is -0.835. The predicted octanol–water partition coefficient (Wildman–Crippen LogP) is 2.45. The van der Waals surface area contributed by atoms with Crippen LogP contribution in [0, 0.1) is 0 Å². The van der Waals surface area contributed by atoms with E-state index >= 15 is 0 Å². The van der Waals surface area contributed by atoms with E-state index in [0.29, 0.717) is 11.3 Å². The third-order valence-electron chi connectivity index (χ3n) is 2.69. The van der Waals surface area contributed by atoms with E-state index < -0.39 is 6.10 Å². The molecule has 0 fully saturated rings. The SMILES string of the molecule is O=C(CC(O)c1ccccc1)Nc1cccc(O)c1. The summed E-state index contributed by atoms with van der Waals surface area (Å²) in [6, 6.07) is 15.3. The number of phenols is 1. The second-order valence-corrected chi connectivity index (χ2v) is 4.23. The van der Waals surface area contributed by atoms with E-state index in [1.807, 2.05) is 18.2 Å². The molecule has 1 atom stereocenters. The number of aliphatic hydroxyl groups excluding tert-OH is 1. The number of benzene rings is 2. The van der Waals surface area contributed by atoms with Crippen LogP contribution >= 0.6 is 0 Å². The zero-order valence-electron chi connectivity index (χ0n) is 10.3. The molecule has 1 amide bonds. The van der Waals surface area contributed by atoms with Crippen LogP contribution in [-0.2, 0) is 4.79 Å². The Labute approximate surface area is 111 Å². The Bertz CT molecular complexity index is 554. The summed E-state index contributed by atoms with van der Waals surface area (Å²) < 4.78 is 0. The van der Waals surface area contributed by atoms with Gasteiger partial charge in [0.25, 0.3) is 0 Å². The van der Waals surface area contributed by atoms with E-state index in [2.05, 4.69) is 5.32 Å². The molecule has 4 nitrogen and oxygen atoms in total. The number of rotatable bonds is 4. The minimum absolute atomic E-state index is 0.0281. The highest BCUT2D eigenvalue weighted by molar-refractivity contribution is 5.91. The fourth-order valence-electron chi connectivity index (χ4n) is 1.76. The van der Waals surface area contributed by atoms with Gasteiger partial charge < -0.3 is 15.5 Å². The third kappa shape index (κ3) is 3.82. The lowest BCUT2D eigenvalue weighted by molar-refractivity contribution is -0.118. The topological polar surface area (TPSA) is 69.6 Å². The third-order valence-corrected chi connectivity index (χ3v) is 2.69. The van der Waals surface area contributed by atoms with Crippen molar-refractivity contribution in [2.75, 3.05) is 5.32 Å². The number of aliphatic hydroxyl groups is 1. The molecular weight excluding hydrogens is 242 g/mol. The molecule has 19 heavy (non-hydrogen) atoms. The molecule has 2 aromatic rings. The predicted molar refractivity (Wildman–Crippen MR) is 72.8 cm³/mol. The van der Waals surface area contributed by atoms with Crippen molar-refractivity contribution in [1.82, 2.24) is 0 Å². The second kappa shape index (κ2) is 6.02. The summed E-state index contributed by atoms with van der Waals surface area (Å²) in [6.45, 7) is 0. The number of aromatic hydroxyl groups is 1. The van der Waals surface area contributed by atoms with Gasteiger partial charge in [-0.1, -0.05) is 36.4 Å². The van der Waals surface area contributed by atoms with E-state index in [-0.39, 0.29) is 18.1 Å². The van der Waals surface area contributed by atoms with Crippen molar-refractivity contribution in [2.45, 2.75) is 12.5 Å². The molecule has 0 spiro atoms. The van der Waals surface area contributed by atoms with Crippen LogP contribution in [-0.4, -0.2) is 16.1 Å². The van der Waals surface area contributed by atoms with Crippen LogP contribution in [0.4, 0.5) is 5.69 Å². The highest BCUT2D eigenvalue weighted by Gasteiger charge is 2.12. The lowest BCUT2D eigenvalue weighted by Gasteiger charge is -2.11. The van der Waals surface area contributed by atoms with Crippen molar-refractivity contribution < 1.29 is 15.0 Å². The van der Waals surface area contributed by atoms with Crippen molar-refractivity contribution in [3.8, 4) is 5.75 Å². The van der Waals surface area contributed by atoms with Crippen LogP contribution in [0.2, 0.25) is 0 Å². The fourth-order valence-corrected chi connectivity index (χ4v) is 1.76. The maximum Gasteiger partial charge on any atom is 0.227 e. The van der Waals surface area contributed by atoms with Crippen molar-refractivity contribution in [3.05, 3.63) is 60.2 Å². The monoisotopic (exact) mass is 257 g/mol. The van der Waals surface area contributed by atoms with Crippen LogP contribution in [0.25, 0.3) is 0 Å². The second-order valence-electron chi connectivity index (χ2n) is 4.23. The first-order valence-electron chi connectivity index (χ1n) is 5.97. The van der Waals surface area contributed by atoms with Crippen molar-refractivity contribution >= 4 is 11.6 Å². The van der Waals surface area contributed by atoms with Crippen molar-refractivity contribution in [1.29, 1.82) is 0 Å². The fraction of sp³-hybridized carbons (Fsp3) is 0.133. The van der Waals surface area contributed by atoms with Gasteiger partial charge in [0.1, 0.15) is 5.75 Å². The largest absolute Gasteiger partial charge is 0.508 e. The highest BCUT2D eigenvalue weighted by atomic mass is 16.3. The Balaban J connectivity index is 1.95. The Morgan fingerprint density at radius 2 is 1.84 bits per heavy atom. The normalized spacial score (nSPS) is 11.8. The van der Waals surface area contributed by atoms with E-state index in [1.54, 1.807) is 24.3 Å². The summed E-state index contributed by atoms with van der Waals surface area (Å²) in [5, 5.41) is 21.8. The molecule has 2 aromatic carbocycles. The Morgan fingerprint density at radius 3 is 2.53 bits per heavy atom. The number of carbonyl (C=O) groups excluding carboxylic acids is 1. The summed E-state index contributed by atoms with van der Waals surface area (Å²) in [5.41, 5.74) is 1.21. The molecule has 4 heteroatoms. The van der Waals surface area contributed by atoms with E-state index in [1.165, 1.54) is 12.1 Å². The summed E-state index contributed by atoms with van der Waals surface area (Å²) in [5.74, 6) is -0.219. The van der Waals surface area contributed by atoms with Gasteiger partial charge in [-0.25, -0.2) is 0 Å². The standard InChI is InChI=1S/C15H15NO3/c17-13-8-4-7-12(9-13)16-15(19)10-14(18)11-5-2-1-3-6-11/h1-9,14,17-18H,10H2,(H,16,19). The molecule has 0 aromatic heterocycles. The van der Waals surface area contributed by atoms with E-state index in [0.717, 1.165) is 0 Å². The Morgan fingerprint density at radius 1 is 1.11 bits per heavy atom. The smallest absolute Gasteiger partial charge is 0.227 e. The molecule has 0 aliphatic carbocycles. The molecule has 0 aliphatic heterocycles. The highest BCUT2D eigenvalue weighted by Crippen LogP contribution is 2.19. The maximum absolute atomic E-state index is 11.8. The molecule has 0 aliphatic rings. The first-order chi connectivity index (χ1) is 9.15. The molecule has 98 valence electrons.